The van der Waals surface area contributed by atoms with Crippen LogP contribution in [-0.4, -0.2) is 37.7 Å². The van der Waals surface area contributed by atoms with Crippen LogP contribution in [0.2, 0.25) is 0 Å². The van der Waals surface area contributed by atoms with Crippen molar-refractivity contribution >= 4 is 17.9 Å². The van der Waals surface area contributed by atoms with E-state index in [9.17, 15) is 14.4 Å². The number of hydrogen-bond donors (Lipinski definition) is 0. The Kier molecular flexibility index (Phi) is 16.3. The standard InChI is InChI=1S/C23H42O6/c1-5-9-13-17-27-20(24)23(16-12-8-4,21(25)28-18-14-10-6-2)22(26)29-19-15-11-7-3/h5-19H2,1-4H3. The van der Waals surface area contributed by atoms with Gasteiger partial charge in [0.15, 0.2) is 0 Å². The molecule has 6 nitrogen and oxygen atoms in total. The molecule has 6 heteroatoms. The van der Waals surface area contributed by atoms with Crippen LogP contribution in [0.25, 0.3) is 0 Å². The maximum absolute atomic E-state index is 13.0. The number of carbonyl (C=O) groups is 3. The van der Waals surface area contributed by atoms with E-state index in [2.05, 4.69) is 20.8 Å². The maximum Gasteiger partial charge on any atom is 0.335 e. The molecule has 29 heavy (non-hydrogen) atoms. The molecular formula is C23H42O6. The molecule has 0 heterocycles. The van der Waals surface area contributed by atoms with Gasteiger partial charge in [-0.2, -0.15) is 0 Å². The van der Waals surface area contributed by atoms with E-state index in [1.807, 2.05) is 6.92 Å². The molecule has 0 saturated carbocycles. The van der Waals surface area contributed by atoms with Crippen LogP contribution in [0, 0.1) is 5.41 Å². The highest BCUT2D eigenvalue weighted by Gasteiger charge is 2.56. The third kappa shape index (κ3) is 10.1. The van der Waals surface area contributed by atoms with Gasteiger partial charge in [0.05, 0.1) is 19.8 Å². The maximum atomic E-state index is 13.0. The Labute approximate surface area is 177 Å². The summed E-state index contributed by atoms with van der Waals surface area (Å²) in [6, 6.07) is 0. The highest BCUT2D eigenvalue weighted by Crippen LogP contribution is 2.31. The Hall–Kier alpha value is -1.59. The summed E-state index contributed by atoms with van der Waals surface area (Å²) in [7, 11) is 0. The summed E-state index contributed by atoms with van der Waals surface area (Å²) in [4.78, 5) is 38.9. The topological polar surface area (TPSA) is 78.9 Å². The van der Waals surface area contributed by atoms with Crippen molar-refractivity contribution in [2.24, 2.45) is 5.41 Å². The molecule has 0 amide bonds. The second-order valence-electron chi connectivity index (χ2n) is 7.54. The molecule has 0 aliphatic rings. The van der Waals surface area contributed by atoms with Crippen LogP contribution in [0.15, 0.2) is 0 Å². The van der Waals surface area contributed by atoms with Crippen LogP contribution in [0.1, 0.15) is 105 Å². The van der Waals surface area contributed by atoms with Gasteiger partial charge >= 0.3 is 17.9 Å². The van der Waals surface area contributed by atoms with E-state index in [0.717, 1.165) is 44.9 Å². The van der Waals surface area contributed by atoms with Crippen molar-refractivity contribution < 1.29 is 28.6 Å². The van der Waals surface area contributed by atoms with Gasteiger partial charge in [0.2, 0.25) is 0 Å². The van der Waals surface area contributed by atoms with Crippen molar-refractivity contribution in [3.8, 4) is 0 Å². The highest BCUT2D eigenvalue weighted by molar-refractivity contribution is 6.17. The molecule has 0 N–H and O–H groups in total. The van der Waals surface area contributed by atoms with Gasteiger partial charge in [0.1, 0.15) is 0 Å². The molecule has 0 radical (unpaired) electrons. The van der Waals surface area contributed by atoms with E-state index in [1.165, 1.54) is 0 Å². The van der Waals surface area contributed by atoms with Gasteiger partial charge in [-0.05, 0) is 25.7 Å². The Morgan fingerprint density at radius 1 is 0.517 bits per heavy atom. The third-order valence-electron chi connectivity index (χ3n) is 4.89. The van der Waals surface area contributed by atoms with Crippen molar-refractivity contribution in [2.75, 3.05) is 19.8 Å². The molecule has 0 aliphatic heterocycles. The summed E-state index contributed by atoms with van der Waals surface area (Å²) < 4.78 is 16.1. The lowest BCUT2D eigenvalue weighted by atomic mass is 9.82. The molecular weight excluding hydrogens is 372 g/mol. The molecule has 0 atom stereocenters. The lowest BCUT2D eigenvalue weighted by Crippen LogP contribution is -2.49. The Morgan fingerprint density at radius 3 is 1.10 bits per heavy atom. The van der Waals surface area contributed by atoms with Gasteiger partial charge in [-0.15, -0.1) is 0 Å². The SMILES string of the molecule is CCCCCOC(=O)C(CCCC)(C(=O)OCCCCC)C(=O)OCCCCC. The zero-order valence-electron chi connectivity index (χ0n) is 19.1. The fourth-order valence-electron chi connectivity index (χ4n) is 2.92. The van der Waals surface area contributed by atoms with Crippen molar-refractivity contribution in [3.63, 3.8) is 0 Å². The number of ether oxygens (including phenoxy) is 3. The third-order valence-corrected chi connectivity index (χ3v) is 4.89. The zero-order valence-corrected chi connectivity index (χ0v) is 19.1. The molecule has 0 saturated heterocycles. The van der Waals surface area contributed by atoms with Gasteiger partial charge in [0, 0.05) is 0 Å². The van der Waals surface area contributed by atoms with Gasteiger partial charge < -0.3 is 14.2 Å². The fourth-order valence-corrected chi connectivity index (χ4v) is 2.92. The van der Waals surface area contributed by atoms with Gasteiger partial charge in [-0.1, -0.05) is 79.1 Å². The minimum Gasteiger partial charge on any atom is -0.464 e. The van der Waals surface area contributed by atoms with Crippen molar-refractivity contribution in [1.82, 2.24) is 0 Å². The van der Waals surface area contributed by atoms with Gasteiger partial charge in [-0.25, -0.2) is 0 Å². The minimum absolute atomic E-state index is 0.0509. The number of esters is 3. The van der Waals surface area contributed by atoms with Crippen LogP contribution in [0.4, 0.5) is 0 Å². The van der Waals surface area contributed by atoms with E-state index in [1.54, 1.807) is 0 Å². The van der Waals surface area contributed by atoms with Crippen LogP contribution < -0.4 is 0 Å². The zero-order chi connectivity index (χ0) is 22.0. The second-order valence-corrected chi connectivity index (χ2v) is 7.54. The molecule has 0 fully saturated rings. The molecule has 0 aliphatic carbocycles. The average Bonchev–Trinajstić information content (AvgIpc) is 2.72. The number of unbranched alkanes of at least 4 members (excludes halogenated alkanes) is 7. The Morgan fingerprint density at radius 2 is 0.828 bits per heavy atom. The quantitative estimate of drug-likeness (QED) is 0.130. The van der Waals surface area contributed by atoms with Gasteiger partial charge in [-0.3, -0.25) is 14.4 Å². The first-order chi connectivity index (χ1) is 14.0. The summed E-state index contributed by atoms with van der Waals surface area (Å²) in [5.74, 6) is -2.49. The number of carbonyl (C=O) groups excluding carboxylic acids is 3. The molecule has 0 aromatic carbocycles. The first-order valence-corrected chi connectivity index (χ1v) is 11.5. The summed E-state index contributed by atoms with van der Waals surface area (Å²) in [6.45, 7) is 8.65. The lowest BCUT2D eigenvalue weighted by Gasteiger charge is -2.27. The number of rotatable bonds is 18. The van der Waals surface area contributed by atoms with Crippen molar-refractivity contribution in [2.45, 2.75) is 105 Å². The Bertz CT molecular complexity index is 400. The first-order valence-electron chi connectivity index (χ1n) is 11.5. The summed E-state index contributed by atoms with van der Waals surface area (Å²) in [6.07, 6.45) is 9.10. The van der Waals surface area contributed by atoms with E-state index in [-0.39, 0.29) is 26.2 Å². The van der Waals surface area contributed by atoms with E-state index >= 15 is 0 Å². The smallest absolute Gasteiger partial charge is 0.335 e. The normalized spacial score (nSPS) is 11.2. The van der Waals surface area contributed by atoms with Crippen LogP contribution in [0.5, 0.6) is 0 Å². The van der Waals surface area contributed by atoms with E-state index in [4.69, 9.17) is 14.2 Å². The molecule has 0 aromatic rings. The molecule has 0 rings (SSSR count). The molecule has 0 unspecified atom stereocenters. The summed E-state index contributed by atoms with van der Waals surface area (Å²) in [5.41, 5.74) is -2.01. The summed E-state index contributed by atoms with van der Waals surface area (Å²) in [5, 5.41) is 0. The molecule has 0 spiro atoms. The predicted molar refractivity (Wildman–Crippen MR) is 113 cm³/mol. The van der Waals surface area contributed by atoms with Crippen molar-refractivity contribution in [1.29, 1.82) is 0 Å². The highest BCUT2D eigenvalue weighted by atomic mass is 16.6. The minimum atomic E-state index is -2.01. The lowest BCUT2D eigenvalue weighted by molar-refractivity contribution is -0.185. The second kappa shape index (κ2) is 17.3. The first kappa shape index (κ1) is 27.4. The van der Waals surface area contributed by atoms with Crippen LogP contribution in [0.3, 0.4) is 0 Å². The van der Waals surface area contributed by atoms with Crippen LogP contribution >= 0.6 is 0 Å². The molecule has 170 valence electrons. The van der Waals surface area contributed by atoms with E-state index in [0.29, 0.717) is 25.7 Å². The van der Waals surface area contributed by atoms with E-state index < -0.39 is 23.3 Å². The Balaban J connectivity index is 5.41. The van der Waals surface area contributed by atoms with Crippen LogP contribution in [-0.2, 0) is 28.6 Å². The largest absolute Gasteiger partial charge is 0.464 e. The van der Waals surface area contributed by atoms with Crippen molar-refractivity contribution in [3.05, 3.63) is 0 Å². The summed E-state index contributed by atoms with van der Waals surface area (Å²) >= 11 is 0. The predicted octanol–water partition coefficient (Wildman–Crippen LogP) is 5.36. The number of hydrogen-bond acceptors (Lipinski definition) is 6. The molecule has 0 bridgehead atoms. The fraction of sp³-hybridized carbons (Fsp3) is 0.870. The monoisotopic (exact) mass is 414 g/mol. The average molecular weight is 415 g/mol. The molecule has 0 aromatic heterocycles. The van der Waals surface area contributed by atoms with Gasteiger partial charge in [0.25, 0.3) is 5.41 Å².